The number of nitrogens with two attached hydrogens (primary N) is 1. The monoisotopic (exact) mass is 249 g/mol. The van der Waals surface area contributed by atoms with Crippen molar-refractivity contribution >= 4 is 0 Å². The summed E-state index contributed by atoms with van der Waals surface area (Å²) >= 11 is 0. The normalized spacial score (nSPS) is 14.6. The average molecular weight is 249 g/mol. The smallest absolute Gasteiger partial charge is 0.122 e. The highest BCUT2D eigenvalue weighted by atomic mass is 16.5. The van der Waals surface area contributed by atoms with Gasteiger partial charge < -0.3 is 10.5 Å². The van der Waals surface area contributed by atoms with Crippen LogP contribution in [-0.2, 0) is 5.41 Å². The van der Waals surface area contributed by atoms with E-state index in [0.717, 1.165) is 18.6 Å². The summed E-state index contributed by atoms with van der Waals surface area (Å²) in [5.41, 5.74) is 8.55. The summed E-state index contributed by atoms with van der Waals surface area (Å²) in [6.45, 7) is 11.3. The van der Waals surface area contributed by atoms with Crippen LogP contribution in [0, 0.1) is 6.92 Å². The molecule has 0 radical (unpaired) electrons. The zero-order valence-electron chi connectivity index (χ0n) is 12.4. The fourth-order valence-electron chi connectivity index (χ4n) is 2.33. The van der Waals surface area contributed by atoms with Crippen LogP contribution in [0.3, 0.4) is 0 Å². The Balaban J connectivity index is 3.02. The summed E-state index contributed by atoms with van der Waals surface area (Å²) in [7, 11) is 0. The number of benzene rings is 1. The van der Waals surface area contributed by atoms with E-state index in [0.29, 0.717) is 6.54 Å². The fourth-order valence-corrected chi connectivity index (χ4v) is 2.33. The predicted molar refractivity (Wildman–Crippen MR) is 78.3 cm³/mol. The summed E-state index contributed by atoms with van der Waals surface area (Å²) < 4.78 is 5.77. The molecule has 0 aromatic heterocycles. The van der Waals surface area contributed by atoms with Crippen molar-refractivity contribution in [3.8, 4) is 5.75 Å². The quantitative estimate of drug-likeness (QED) is 0.832. The number of rotatable bonds is 6. The second-order valence-corrected chi connectivity index (χ2v) is 5.66. The first-order valence-corrected chi connectivity index (χ1v) is 6.91. The standard InChI is InChI=1S/C16H27NO/c1-6-9-16(5,11-17)14-7-8-15(13(4)10-14)18-12(2)3/h7-8,10,12H,6,9,11,17H2,1-5H3. The van der Waals surface area contributed by atoms with Crippen molar-refractivity contribution in [2.45, 2.75) is 59.0 Å². The van der Waals surface area contributed by atoms with Crippen LogP contribution >= 0.6 is 0 Å². The Kier molecular flexibility index (Phi) is 5.21. The lowest BCUT2D eigenvalue weighted by Crippen LogP contribution is -2.31. The minimum atomic E-state index is 0.0792. The molecule has 2 heteroatoms. The van der Waals surface area contributed by atoms with E-state index >= 15 is 0 Å². The van der Waals surface area contributed by atoms with Gasteiger partial charge in [0.05, 0.1) is 6.10 Å². The summed E-state index contributed by atoms with van der Waals surface area (Å²) in [5, 5.41) is 0. The molecule has 1 aromatic carbocycles. The molecule has 0 aliphatic rings. The molecule has 102 valence electrons. The van der Waals surface area contributed by atoms with Crippen LogP contribution in [0.5, 0.6) is 5.75 Å². The van der Waals surface area contributed by atoms with Crippen molar-refractivity contribution in [1.82, 2.24) is 0 Å². The first-order valence-electron chi connectivity index (χ1n) is 6.91. The van der Waals surface area contributed by atoms with E-state index in [-0.39, 0.29) is 11.5 Å². The first kappa shape index (κ1) is 15.0. The summed E-state index contributed by atoms with van der Waals surface area (Å²) in [6.07, 6.45) is 2.48. The van der Waals surface area contributed by atoms with E-state index in [1.165, 1.54) is 11.1 Å². The lowest BCUT2D eigenvalue weighted by atomic mass is 9.78. The molecule has 0 aliphatic heterocycles. The van der Waals surface area contributed by atoms with Gasteiger partial charge in [-0.2, -0.15) is 0 Å². The largest absolute Gasteiger partial charge is 0.491 e. The van der Waals surface area contributed by atoms with Crippen molar-refractivity contribution in [3.63, 3.8) is 0 Å². The Morgan fingerprint density at radius 2 is 2.00 bits per heavy atom. The van der Waals surface area contributed by atoms with Crippen LogP contribution in [0.2, 0.25) is 0 Å². The molecule has 1 rings (SSSR count). The molecule has 1 aromatic rings. The average Bonchev–Trinajstić information content (AvgIpc) is 2.31. The van der Waals surface area contributed by atoms with Crippen molar-refractivity contribution in [1.29, 1.82) is 0 Å². The van der Waals surface area contributed by atoms with Gasteiger partial charge in [0.2, 0.25) is 0 Å². The highest BCUT2D eigenvalue weighted by molar-refractivity contribution is 5.39. The third kappa shape index (κ3) is 3.49. The summed E-state index contributed by atoms with van der Waals surface area (Å²) in [5.74, 6) is 0.976. The number of ether oxygens (including phenoxy) is 1. The lowest BCUT2D eigenvalue weighted by molar-refractivity contribution is 0.240. The van der Waals surface area contributed by atoms with Gasteiger partial charge in [-0.3, -0.25) is 0 Å². The van der Waals surface area contributed by atoms with Crippen molar-refractivity contribution in [2.24, 2.45) is 5.73 Å². The molecule has 0 bridgehead atoms. The Bertz CT molecular complexity index is 387. The molecule has 0 aliphatic carbocycles. The summed E-state index contributed by atoms with van der Waals surface area (Å²) in [6, 6.07) is 6.46. The van der Waals surface area contributed by atoms with E-state index < -0.39 is 0 Å². The van der Waals surface area contributed by atoms with E-state index in [1.54, 1.807) is 0 Å². The Morgan fingerprint density at radius 3 is 2.44 bits per heavy atom. The van der Waals surface area contributed by atoms with Crippen molar-refractivity contribution < 1.29 is 4.74 Å². The zero-order chi connectivity index (χ0) is 13.8. The van der Waals surface area contributed by atoms with Crippen LogP contribution in [-0.4, -0.2) is 12.6 Å². The highest BCUT2D eigenvalue weighted by Gasteiger charge is 2.24. The zero-order valence-corrected chi connectivity index (χ0v) is 12.4. The molecule has 1 unspecified atom stereocenters. The SMILES string of the molecule is CCCC(C)(CN)c1ccc(OC(C)C)c(C)c1. The number of aryl methyl sites for hydroxylation is 1. The van der Waals surface area contributed by atoms with Gasteiger partial charge in [0.1, 0.15) is 5.75 Å². The Hall–Kier alpha value is -1.02. The first-order chi connectivity index (χ1) is 8.42. The van der Waals surface area contributed by atoms with Crippen LogP contribution in [0.1, 0.15) is 51.7 Å². The number of hydrogen-bond donors (Lipinski definition) is 1. The van der Waals surface area contributed by atoms with E-state index in [1.807, 2.05) is 0 Å². The Morgan fingerprint density at radius 1 is 1.33 bits per heavy atom. The van der Waals surface area contributed by atoms with E-state index in [9.17, 15) is 0 Å². The molecule has 18 heavy (non-hydrogen) atoms. The molecule has 0 saturated carbocycles. The molecule has 0 amide bonds. The van der Waals surface area contributed by atoms with Gasteiger partial charge in [0, 0.05) is 12.0 Å². The van der Waals surface area contributed by atoms with Gasteiger partial charge in [-0.05, 0) is 44.4 Å². The van der Waals surface area contributed by atoms with Gasteiger partial charge >= 0.3 is 0 Å². The fraction of sp³-hybridized carbons (Fsp3) is 0.625. The molecule has 0 heterocycles. The minimum Gasteiger partial charge on any atom is -0.491 e. The van der Waals surface area contributed by atoms with Crippen LogP contribution in [0.25, 0.3) is 0 Å². The van der Waals surface area contributed by atoms with Gasteiger partial charge in [-0.25, -0.2) is 0 Å². The maximum atomic E-state index is 5.96. The molecular formula is C16H27NO. The molecule has 0 spiro atoms. The van der Waals surface area contributed by atoms with Crippen LogP contribution < -0.4 is 10.5 Å². The Labute approximate surface area is 112 Å². The van der Waals surface area contributed by atoms with Crippen molar-refractivity contribution in [2.75, 3.05) is 6.54 Å². The lowest BCUT2D eigenvalue weighted by Gasteiger charge is -2.29. The molecule has 0 fully saturated rings. The maximum Gasteiger partial charge on any atom is 0.122 e. The second kappa shape index (κ2) is 6.24. The molecule has 2 N–H and O–H groups in total. The third-order valence-electron chi connectivity index (χ3n) is 3.49. The topological polar surface area (TPSA) is 35.2 Å². The van der Waals surface area contributed by atoms with Crippen molar-refractivity contribution in [3.05, 3.63) is 29.3 Å². The van der Waals surface area contributed by atoms with Crippen LogP contribution in [0.4, 0.5) is 0 Å². The maximum absolute atomic E-state index is 5.96. The highest BCUT2D eigenvalue weighted by Crippen LogP contribution is 2.31. The molecule has 2 nitrogen and oxygen atoms in total. The molecular weight excluding hydrogens is 222 g/mol. The van der Waals surface area contributed by atoms with Gasteiger partial charge in [-0.15, -0.1) is 0 Å². The van der Waals surface area contributed by atoms with Gasteiger partial charge in [0.15, 0.2) is 0 Å². The van der Waals surface area contributed by atoms with E-state index in [2.05, 4.69) is 52.8 Å². The molecule has 0 saturated heterocycles. The van der Waals surface area contributed by atoms with Gasteiger partial charge in [-0.1, -0.05) is 32.4 Å². The van der Waals surface area contributed by atoms with Gasteiger partial charge in [0.25, 0.3) is 0 Å². The second-order valence-electron chi connectivity index (χ2n) is 5.66. The van der Waals surface area contributed by atoms with E-state index in [4.69, 9.17) is 10.5 Å². The molecule has 1 atom stereocenters. The number of hydrogen-bond acceptors (Lipinski definition) is 2. The van der Waals surface area contributed by atoms with Crippen LogP contribution in [0.15, 0.2) is 18.2 Å². The minimum absolute atomic E-state index is 0.0792. The third-order valence-corrected chi connectivity index (χ3v) is 3.49. The summed E-state index contributed by atoms with van der Waals surface area (Å²) in [4.78, 5) is 0. The predicted octanol–water partition coefficient (Wildman–Crippen LogP) is 3.80.